The first-order chi connectivity index (χ1) is 14.2. The van der Waals surface area contributed by atoms with E-state index in [1.165, 1.54) is 11.9 Å². The molecular weight excluding hydrogens is 364 g/mol. The van der Waals surface area contributed by atoms with Gasteiger partial charge in [0, 0.05) is 42.0 Å². The molecule has 1 aliphatic rings. The van der Waals surface area contributed by atoms with Crippen LogP contribution in [0.25, 0.3) is 21.8 Å². The second kappa shape index (κ2) is 7.10. The Morgan fingerprint density at radius 1 is 1.07 bits per heavy atom. The van der Waals surface area contributed by atoms with E-state index in [2.05, 4.69) is 49.9 Å². The van der Waals surface area contributed by atoms with E-state index in [1.807, 2.05) is 18.3 Å². The lowest BCUT2D eigenvalue weighted by Crippen LogP contribution is -2.27. The molecule has 0 spiro atoms. The number of nitrogens with one attached hydrogen (secondary N) is 2. The van der Waals surface area contributed by atoms with Crippen molar-refractivity contribution in [3.05, 3.63) is 72.2 Å². The van der Waals surface area contributed by atoms with Crippen molar-refractivity contribution >= 4 is 33.5 Å². The number of pyridine rings is 1. The molecule has 5 rings (SSSR count). The molecule has 1 saturated heterocycles. The minimum atomic E-state index is -0.495. The van der Waals surface area contributed by atoms with Gasteiger partial charge in [-0.05, 0) is 35.9 Å². The van der Waals surface area contributed by atoms with Crippen LogP contribution in [0.4, 0.5) is 5.82 Å². The number of fused-ring (bicyclic) bond motifs is 2. The number of amides is 1. The molecule has 144 valence electrons. The van der Waals surface area contributed by atoms with E-state index in [-0.39, 0.29) is 12.0 Å². The normalized spacial score (nSPS) is 18.9. The zero-order chi connectivity index (χ0) is 19.8. The molecule has 2 aromatic carbocycles. The summed E-state index contributed by atoms with van der Waals surface area (Å²) in [6, 6.07) is 16.0. The monoisotopic (exact) mass is 384 g/mol. The maximum absolute atomic E-state index is 11.7. The molecule has 0 radical (unpaired) electrons. The Balaban J connectivity index is 1.49. The molecule has 1 amide bonds. The molecule has 0 saturated carbocycles. The molecule has 2 aromatic heterocycles. The van der Waals surface area contributed by atoms with Crippen LogP contribution in [-0.2, 0) is 0 Å². The number of hydrogen-bond acceptors (Lipinski definition) is 6. The van der Waals surface area contributed by atoms with Crippen molar-refractivity contribution in [3.8, 4) is 0 Å². The molecule has 4 aromatic rings. The Bertz CT molecular complexity index is 1220. The summed E-state index contributed by atoms with van der Waals surface area (Å²) in [6.45, 7) is 1.69. The van der Waals surface area contributed by atoms with Crippen LogP contribution in [0.2, 0.25) is 0 Å². The molecule has 1 fully saturated rings. The number of carbonyl (C=O) groups is 1. The number of nitrogens with zero attached hydrogens (tertiary/aromatic N) is 3. The summed E-state index contributed by atoms with van der Waals surface area (Å²) in [5.41, 5.74) is 8.71. The SMILES string of the molecule is NC(=O)c1cccc2c(N[C@H]3CNC[C@@H]3c3ccc4ncccc4c3)ncnc12. The molecule has 7 heteroatoms. The summed E-state index contributed by atoms with van der Waals surface area (Å²) in [4.78, 5) is 24.9. The second-order valence-corrected chi connectivity index (χ2v) is 7.26. The Hall–Kier alpha value is -3.58. The van der Waals surface area contributed by atoms with Crippen LogP contribution in [0, 0.1) is 0 Å². The number of nitrogens with two attached hydrogens (primary N) is 1. The van der Waals surface area contributed by atoms with Crippen LogP contribution in [0.1, 0.15) is 21.8 Å². The van der Waals surface area contributed by atoms with Gasteiger partial charge in [-0.25, -0.2) is 9.97 Å². The van der Waals surface area contributed by atoms with Crippen LogP contribution in [0.5, 0.6) is 0 Å². The summed E-state index contributed by atoms with van der Waals surface area (Å²) in [6.07, 6.45) is 3.28. The molecular formula is C22H20N6O. The highest BCUT2D eigenvalue weighted by Gasteiger charge is 2.29. The summed E-state index contributed by atoms with van der Waals surface area (Å²) < 4.78 is 0. The molecule has 4 N–H and O–H groups in total. The third kappa shape index (κ3) is 3.15. The maximum Gasteiger partial charge on any atom is 0.250 e. The van der Waals surface area contributed by atoms with E-state index < -0.39 is 5.91 Å². The van der Waals surface area contributed by atoms with E-state index in [4.69, 9.17) is 5.73 Å². The van der Waals surface area contributed by atoms with Crippen LogP contribution < -0.4 is 16.4 Å². The fourth-order valence-corrected chi connectivity index (χ4v) is 4.08. The van der Waals surface area contributed by atoms with Gasteiger partial charge < -0.3 is 16.4 Å². The molecule has 1 aliphatic heterocycles. The number of benzene rings is 2. The molecule has 29 heavy (non-hydrogen) atoms. The summed E-state index contributed by atoms with van der Waals surface area (Å²) in [5, 5.41) is 8.96. The van der Waals surface area contributed by atoms with Crippen LogP contribution in [-0.4, -0.2) is 40.0 Å². The maximum atomic E-state index is 11.7. The topological polar surface area (TPSA) is 106 Å². The van der Waals surface area contributed by atoms with Gasteiger partial charge in [0.1, 0.15) is 12.1 Å². The third-order valence-corrected chi connectivity index (χ3v) is 5.52. The van der Waals surface area contributed by atoms with Crippen LogP contribution >= 0.6 is 0 Å². The number of anilines is 1. The van der Waals surface area contributed by atoms with E-state index in [0.717, 1.165) is 29.4 Å². The van der Waals surface area contributed by atoms with E-state index in [1.54, 1.807) is 12.1 Å². The van der Waals surface area contributed by atoms with E-state index >= 15 is 0 Å². The average molecular weight is 384 g/mol. The van der Waals surface area contributed by atoms with Crippen molar-refractivity contribution in [1.29, 1.82) is 0 Å². The Kier molecular flexibility index (Phi) is 4.29. The van der Waals surface area contributed by atoms with Crippen LogP contribution in [0.15, 0.2) is 61.1 Å². The highest BCUT2D eigenvalue weighted by molar-refractivity contribution is 6.06. The van der Waals surface area contributed by atoms with Crippen molar-refractivity contribution < 1.29 is 4.79 Å². The predicted molar refractivity (Wildman–Crippen MR) is 113 cm³/mol. The van der Waals surface area contributed by atoms with Gasteiger partial charge in [-0.15, -0.1) is 0 Å². The first kappa shape index (κ1) is 17.5. The Morgan fingerprint density at radius 3 is 2.90 bits per heavy atom. The zero-order valence-corrected chi connectivity index (χ0v) is 15.7. The number of aromatic nitrogens is 3. The summed E-state index contributed by atoms with van der Waals surface area (Å²) >= 11 is 0. The Labute approximate surface area is 167 Å². The van der Waals surface area contributed by atoms with Crippen LogP contribution in [0.3, 0.4) is 0 Å². The summed E-state index contributed by atoms with van der Waals surface area (Å²) in [7, 11) is 0. The molecule has 0 aliphatic carbocycles. The van der Waals surface area contributed by atoms with Gasteiger partial charge in [0.25, 0.3) is 5.91 Å². The van der Waals surface area contributed by atoms with Gasteiger partial charge in [0.05, 0.1) is 16.6 Å². The number of hydrogen-bond donors (Lipinski definition) is 3. The third-order valence-electron chi connectivity index (χ3n) is 5.52. The molecule has 0 bridgehead atoms. The van der Waals surface area contributed by atoms with Crippen molar-refractivity contribution in [2.24, 2.45) is 5.73 Å². The minimum Gasteiger partial charge on any atom is -0.366 e. The fourth-order valence-electron chi connectivity index (χ4n) is 4.08. The second-order valence-electron chi connectivity index (χ2n) is 7.26. The van der Waals surface area contributed by atoms with Gasteiger partial charge >= 0.3 is 0 Å². The van der Waals surface area contributed by atoms with Gasteiger partial charge in [-0.1, -0.05) is 18.2 Å². The van der Waals surface area contributed by atoms with Gasteiger partial charge in [0.15, 0.2) is 0 Å². The Morgan fingerprint density at radius 2 is 2.00 bits per heavy atom. The first-order valence-electron chi connectivity index (χ1n) is 9.56. The first-order valence-corrected chi connectivity index (χ1v) is 9.56. The molecule has 0 unspecified atom stereocenters. The van der Waals surface area contributed by atoms with Gasteiger partial charge in [0.2, 0.25) is 0 Å². The predicted octanol–water partition coefficient (Wildman–Crippen LogP) is 2.44. The molecule has 3 heterocycles. The van der Waals surface area contributed by atoms with Crippen molar-refractivity contribution in [1.82, 2.24) is 20.3 Å². The van der Waals surface area contributed by atoms with Gasteiger partial charge in [-0.2, -0.15) is 0 Å². The lowest BCUT2D eigenvalue weighted by molar-refractivity contribution is 0.100. The number of para-hydroxylation sites is 1. The zero-order valence-electron chi connectivity index (χ0n) is 15.7. The summed E-state index contributed by atoms with van der Waals surface area (Å²) in [5.74, 6) is 0.494. The van der Waals surface area contributed by atoms with Crippen molar-refractivity contribution in [2.45, 2.75) is 12.0 Å². The van der Waals surface area contributed by atoms with Crippen molar-refractivity contribution in [3.63, 3.8) is 0 Å². The lowest BCUT2D eigenvalue weighted by Gasteiger charge is -2.22. The van der Waals surface area contributed by atoms with Gasteiger partial charge in [-0.3, -0.25) is 9.78 Å². The minimum absolute atomic E-state index is 0.152. The van der Waals surface area contributed by atoms with E-state index in [9.17, 15) is 4.79 Å². The molecule has 2 atom stereocenters. The van der Waals surface area contributed by atoms with E-state index in [0.29, 0.717) is 16.9 Å². The quantitative estimate of drug-likeness (QED) is 0.499. The standard InChI is InChI=1S/C22H20N6O/c23-21(29)15-4-1-5-16-20(15)26-12-27-22(16)28-19-11-24-10-17(19)13-6-7-18-14(9-13)3-2-8-25-18/h1-9,12,17,19,24H,10-11H2,(H2,23,29)(H,26,27,28)/t17-,19+/m1/s1. The smallest absolute Gasteiger partial charge is 0.250 e. The lowest BCUT2D eigenvalue weighted by atomic mass is 9.93. The highest BCUT2D eigenvalue weighted by atomic mass is 16.1. The number of carbonyl (C=O) groups excluding carboxylic acids is 1. The fraction of sp³-hybridized carbons (Fsp3) is 0.182. The largest absolute Gasteiger partial charge is 0.366 e. The number of primary amides is 1. The average Bonchev–Trinajstić information content (AvgIpc) is 3.21. The van der Waals surface area contributed by atoms with Crippen molar-refractivity contribution in [2.75, 3.05) is 18.4 Å². The number of rotatable bonds is 4. The molecule has 7 nitrogen and oxygen atoms in total. The highest BCUT2D eigenvalue weighted by Crippen LogP contribution is 2.30.